The molecule has 2 aromatic heterocycles. The van der Waals surface area contributed by atoms with Crippen LogP contribution >= 0.6 is 0 Å². The van der Waals surface area contributed by atoms with Crippen molar-refractivity contribution in [2.45, 2.75) is 0 Å². The molecule has 7 nitrogen and oxygen atoms in total. The van der Waals surface area contributed by atoms with E-state index in [4.69, 9.17) is 5.73 Å². The van der Waals surface area contributed by atoms with Gasteiger partial charge < -0.3 is 11.1 Å². The normalized spacial score (nSPS) is 10.7. The molecule has 0 spiro atoms. The van der Waals surface area contributed by atoms with E-state index in [9.17, 15) is 9.59 Å². The highest BCUT2D eigenvalue weighted by Gasteiger charge is 2.18. The van der Waals surface area contributed by atoms with Crippen molar-refractivity contribution in [3.05, 3.63) is 84.2 Å². The van der Waals surface area contributed by atoms with Crippen molar-refractivity contribution in [1.82, 2.24) is 14.4 Å². The van der Waals surface area contributed by atoms with Crippen molar-refractivity contribution < 1.29 is 9.59 Å². The first-order chi connectivity index (χ1) is 13.1. The van der Waals surface area contributed by atoms with Gasteiger partial charge in [0.1, 0.15) is 11.5 Å². The summed E-state index contributed by atoms with van der Waals surface area (Å²) >= 11 is 0. The lowest BCUT2D eigenvalue weighted by molar-refractivity contribution is 0.0997. The molecule has 4 aromatic rings. The third kappa shape index (κ3) is 3.13. The number of carbonyl (C=O) groups is 2. The van der Waals surface area contributed by atoms with Gasteiger partial charge in [0.2, 0.25) is 11.7 Å². The van der Waals surface area contributed by atoms with E-state index < -0.39 is 5.91 Å². The number of nitrogens with one attached hydrogen (secondary N) is 1. The summed E-state index contributed by atoms with van der Waals surface area (Å²) in [7, 11) is 0. The maximum absolute atomic E-state index is 12.7. The number of anilines is 1. The van der Waals surface area contributed by atoms with Gasteiger partial charge in [0, 0.05) is 29.1 Å². The van der Waals surface area contributed by atoms with Gasteiger partial charge in [-0.1, -0.05) is 30.3 Å². The largest absolute Gasteiger partial charge is 0.366 e. The van der Waals surface area contributed by atoms with E-state index in [2.05, 4.69) is 15.3 Å². The van der Waals surface area contributed by atoms with Crippen molar-refractivity contribution in [2.24, 2.45) is 5.73 Å². The number of hydrogen-bond acceptors (Lipinski definition) is 4. The highest BCUT2D eigenvalue weighted by molar-refractivity contribution is 6.06. The minimum absolute atomic E-state index is 0.270. The summed E-state index contributed by atoms with van der Waals surface area (Å²) in [5.74, 6) is 0.0936. The summed E-state index contributed by atoms with van der Waals surface area (Å²) < 4.78 is 1.69. The Labute approximate surface area is 154 Å². The number of aromatic nitrogens is 3. The summed E-state index contributed by atoms with van der Waals surface area (Å²) in [6.07, 6.45) is 3.38. The number of fused-ring (bicyclic) bond motifs is 1. The first-order valence-electron chi connectivity index (χ1n) is 8.23. The van der Waals surface area contributed by atoms with Crippen LogP contribution in [-0.2, 0) is 0 Å². The number of nitrogens with two attached hydrogens (primary N) is 1. The summed E-state index contributed by atoms with van der Waals surface area (Å²) in [6.45, 7) is 0. The maximum atomic E-state index is 12.7. The third-order valence-corrected chi connectivity index (χ3v) is 4.09. The van der Waals surface area contributed by atoms with Gasteiger partial charge in [0.15, 0.2) is 0 Å². The number of rotatable bonds is 4. The Morgan fingerprint density at radius 3 is 2.52 bits per heavy atom. The fourth-order valence-corrected chi connectivity index (χ4v) is 2.80. The molecular formula is C20H15N5O2. The van der Waals surface area contributed by atoms with Crippen molar-refractivity contribution >= 4 is 23.4 Å². The lowest BCUT2D eigenvalue weighted by atomic mass is 10.1. The van der Waals surface area contributed by atoms with Crippen LogP contribution in [0.2, 0.25) is 0 Å². The van der Waals surface area contributed by atoms with Crippen molar-refractivity contribution in [3.63, 3.8) is 0 Å². The second kappa shape index (κ2) is 6.72. The highest BCUT2D eigenvalue weighted by atomic mass is 16.2. The van der Waals surface area contributed by atoms with Crippen molar-refractivity contribution in [2.75, 3.05) is 5.32 Å². The number of benzene rings is 2. The van der Waals surface area contributed by atoms with E-state index in [-0.39, 0.29) is 5.91 Å². The Kier molecular flexibility index (Phi) is 4.10. The molecule has 0 radical (unpaired) electrons. The lowest BCUT2D eigenvalue weighted by Crippen LogP contribution is -2.14. The standard InChI is InChI=1S/C20H15N5O2/c21-17(26)15-9-4-8-14(12-15)16-18(25-11-5-10-22-20(25)23-16)24-19(27)13-6-2-1-3-7-13/h1-12H,(H2,21,26)(H,24,27). The van der Waals surface area contributed by atoms with E-state index in [1.807, 2.05) is 6.07 Å². The van der Waals surface area contributed by atoms with Crippen LogP contribution in [0, 0.1) is 0 Å². The quantitative estimate of drug-likeness (QED) is 0.586. The van der Waals surface area contributed by atoms with Crippen LogP contribution in [0.5, 0.6) is 0 Å². The fraction of sp³-hybridized carbons (Fsp3) is 0. The zero-order valence-electron chi connectivity index (χ0n) is 14.2. The van der Waals surface area contributed by atoms with Gasteiger partial charge in [0.05, 0.1) is 0 Å². The Bertz CT molecular complexity index is 1150. The first-order valence-corrected chi connectivity index (χ1v) is 8.23. The van der Waals surface area contributed by atoms with Crippen LogP contribution in [0.1, 0.15) is 20.7 Å². The Hall–Kier alpha value is -4.00. The molecule has 0 aliphatic carbocycles. The number of amides is 2. The summed E-state index contributed by atoms with van der Waals surface area (Å²) in [4.78, 5) is 32.9. The number of carbonyl (C=O) groups excluding carboxylic acids is 2. The van der Waals surface area contributed by atoms with Crippen LogP contribution < -0.4 is 11.1 Å². The van der Waals surface area contributed by atoms with E-state index in [0.29, 0.717) is 34.0 Å². The van der Waals surface area contributed by atoms with Crippen LogP contribution in [-0.4, -0.2) is 26.2 Å². The van der Waals surface area contributed by atoms with Gasteiger partial charge in [-0.2, -0.15) is 0 Å². The molecular weight excluding hydrogens is 342 g/mol. The van der Waals surface area contributed by atoms with Crippen LogP contribution in [0.4, 0.5) is 5.82 Å². The maximum Gasteiger partial charge on any atom is 0.256 e. The molecule has 7 heteroatoms. The lowest BCUT2D eigenvalue weighted by Gasteiger charge is -2.08. The minimum atomic E-state index is -0.534. The fourth-order valence-electron chi connectivity index (χ4n) is 2.80. The highest BCUT2D eigenvalue weighted by Crippen LogP contribution is 2.29. The van der Waals surface area contributed by atoms with Gasteiger partial charge >= 0.3 is 0 Å². The molecule has 2 amide bonds. The predicted octanol–water partition coefficient (Wildman–Crippen LogP) is 2.75. The number of primary amides is 1. The summed E-state index contributed by atoms with van der Waals surface area (Å²) in [5, 5.41) is 2.90. The van der Waals surface area contributed by atoms with E-state index in [1.54, 1.807) is 71.4 Å². The van der Waals surface area contributed by atoms with Crippen LogP contribution in [0.3, 0.4) is 0 Å². The minimum Gasteiger partial charge on any atom is -0.366 e. The predicted molar refractivity (Wildman–Crippen MR) is 101 cm³/mol. The third-order valence-electron chi connectivity index (χ3n) is 4.09. The molecule has 0 saturated carbocycles. The second-order valence-corrected chi connectivity index (χ2v) is 5.86. The molecule has 132 valence electrons. The summed E-state index contributed by atoms with van der Waals surface area (Å²) in [5.41, 5.74) is 7.42. The molecule has 4 rings (SSSR count). The zero-order chi connectivity index (χ0) is 18.8. The molecule has 27 heavy (non-hydrogen) atoms. The van der Waals surface area contributed by atoms with Gasteiger partial charge in [-0.3, -0.25) is 14.0 Å². The van der Waals surface area contributed by atoms with E-state index in [0.717, 1.165) is 0 Å². The van der Waals surface area contributed by atoms with Gasteiger partial charge in [-0.25, -0.2) is 9.97 Å². The van der Waals surface area contributed by atoms with Crippen molar-refractivity contribution in [1.29, 1.82) is 0 Å². The molecule has 2 heterocycles. The topological polar surface area (TPSA) is 102 Å². The Morgan fingerprint density at radius 2 is 1.74 bits per heavy atom. The average Bonchev–Trinajstić information content (AvgIpc) is 3.07. The molecule has 0 saturated heterocycles. The number of nitrogens with zero attached hydrogens (tertiary/aromatic N) is 3. The van der Waals surface area contributed by atoms with E-state index >= 15 is 0 Å². The Morgan fingerprint density at radius 1 is 0.963 bits per heavy atom. The first kappa shape index (κ1) is 16.5. The molecule has 2 aromatic carbocycles. The second-order valence-electron chi connectivity index (χ2n) is 5.86. The molecule has 0 atom stereocenters. The number of hydrogen-bond donors (Lipinski definition) is 2. The van der Waals surface area contributed by atoms with Gasteiger partial charge in [-0.15, -0.1) is 0 Å². The van der Waals surface area contributed by atoms with Gasteiger partial charge in [-0.05, 0) is 30.3 Å². The molecule has 0 bridgehead atoms. The van der Waals surface area contributed by atoms with Crippen LogP contribution in [0.25, 0.3) is 17.0 Å². The SMILES string of the molecule is NC(=O)c1cccc(-c2nc3ncccn3c2NC(=O)c2ccccc2)c1. The van der Waals surface area contributed by atoms with Gasteiger partial charge in [0.25, 0.3) is 5.91 Å². The molecule has 0 aliphatic heterocycles. The molecule has 0 unspecified atom stereocenters. The van der Waals surface area contributed by atoms with E-state index in [1.165, 1.54) is 0 Å². The molecule has 3 N–H and O–H groups in total. The summed E-state index contributed by atoms with van der Waals surface area (Å²) in [6, 6.07) is 17.4. The zero-order valence-corrected chi connectivity index (χ0v) is 14.2. The monoisotopic (exact) mass is 357 g/mol. The number of imidazole rings is 1. The molecule has 0 aliphatic rings. The Balaban J connectivity index is 1.84. The molecule has 0 fully saturated rings. The van der Waals surface area contributed by atoms with Crippen LogP contribution in [0.15, 0.2) is 73.1 Å². The smallest absolute Gasteiger partial charge is 0.256 e. The average molecular weight is 357 g/mol. The van der Waals surface area contributed by atoms with Crippen molar-refractivity contribution in [3.8, 4) is 11.3 Å².